The van der Waals surface area contributed by atoms with Crippen LogP contribution in [0.25, 0.3) is 0 Å². The Labute approximate surface area is 201 Å². The molecular weight excluding hydrogens is 436 g/mol. The van der Waals surface area contributed by atoms with Crippen molar-refractivity contribution in [1.82, 2.24) is 0 Å². The third kappa shape index (κ3) is 4.58. The summed E-state index contributed by atoms with van der Waals surface area (Å²) in [6.45, 7) is 11.3. The Bertz CT molecular complexity index is 1020. The van der Waals surface area contributed by atoms with Crippen LogP contribution >= 0.6 is 0 Å². The van der Waals surface area contributed by atoms with Crippen molar-refractivity contribution in [3.63, 3.8) is 0 Å². The van der Waals surface area contributed by atoms with E-state index in [9.17, 15) is 24.9 Å². The zero-order valence-corrected chi connectivity index (χ0v) is 20.8. The van der Waals surface area contributed by atoms with Crippen molar-refractivity contribution >= 4 is 11.9 Å². The Balaban J connectivity index is 2.01. The number of hydrogen-bond acceptors (Lipinski definition) is 7. The van der Waals surface area contributed by atoms with Gasteiger partial charge >= 0.3 is 11.9 Å². The molecule has 1 aromatic rings. The number of aromatic hydroxyl groups is 2. The summed E-state index contributed by atoms with van der Waals surface area (Å²) < 4.78 is 11.9. The molecule has 0 saturated heterocycles. The summed E-state index contributed by atoms with van der Waals surface area (Å²) in [6, 6.07) is 3.76. The highest BCUT2D eigenvalue weighted by molar-refractivity contribution is 5.90. The van der Waals surface area contributed by atoms with Gasteiger partial charge in [0.15, 0.2) is 11.5 Å². The average Bonchev–Trinajstić information content (AvgIpc) is 2.91. The second-order valence-corrected chi connectivity index (χ2v) is 10.3. The van der Waals surface area contributed by atoms with E-state index in [1.54, 1.807) is 19.9 Å². The topological polar surface area (TPSA) is 113 Å². The van der Waals surface area contributed by atoms with Gasteiger partial charge < -0.3 is 24.8 Å². The van der Waals surface area contributed by atoms with E-state index in [0.717, 1.165) is 11.6 Å². The van der Waals surface area contributed by atoms with Gasteiger partial charge in [-0.05, 0) is 51.3 Å². The number of esters is 2. The van der Waals surface area contributed by atoms with Gasteiger partial charge in [-0.3, -0.25) is 0 Å². The lowest BCUT2D eigenvalue weighted by Gasteiger charge is -2.43. The second kappa shape index (κ2) is 9.45. The van der Waals surface area contributed by atoms with Crippen LogP contribution in [0, 0.1) is 17.3 Å². The quantitative estimate of drug-likeness (QED) is 0.247. The van der Waals surface area contributed by atoms with Gasteiger partial charge in [-0.1, -0.05) is 38.5 Å². The molecule has 0 aromatic heterocycles. The van der Waals surface area contributed by atoms with Crippen LogP contribution in [0.5, 0.6) is 11.5 Å². The largest absolute Gasteiger partial charge is 0.504 e. The molecule has 3 N–H and O–H groups in total. The lowest BCUT2D eigenvalue weighted by Crippen LogP contribution is -2.50. The molecule has 7 heteroatoms. The number of phenolic OH excluding ortho intramolecular Hbond substituents is 2. The first-order valence-electron chi connectivity index (χ1n) is 11.8. The van der Waals surface area contributed by atoms with E-state index in [1.165, 1.54) is 12.1 Å². The number of benzene rings is 1. The summed E-state index contributed by atoms with van der Waals surface area (Å²) in [4.78, 5) is 25.7. The third-order valence-electron chi connectivity index (χ3n) is 7.76. The Kier molecular flexibility index (Phi) is 7.18. The summed E-state index contributed by atoms with van der Waals surface area (Å²) in [7, 11) is 0. The molecule has 1 saturated carbocycles. The maximum absolute atomic E-state index is 13.0. The van der Waals surface area contributed by atoms with Gasteiger partial charge in [-0.25, -0.2) is 9.59 Å². The number of ether oxygens (including phenoxy) is 2. The normalized spacial score (nSPS) is 31.5. The van der Waals surface area contributed by atoms with Gasteiger partial charge in [0.25, 0.3) is 0 Å². The van der Waals surface area contributed by atoms with Crippen molar-refractivity contribution in [2.24, 2.45) is 17.3 Å². The molecule has 186 valence electrons. The van der Waals surface area contributed by atoms with Gasteiger partial charge in [0.1, 0.15) is 12.2 Å². The smallest absolute Gasteiger partial charge is 0.338 e. The van der Waals surface area contributed by atoms with Gasteiger partial charge in [0, 0.05) is 29.7 Å². The first-order valence-corrected chi connectivity index (χ1v) is 11.8. The molecule has 1 aromatic carbocycles. The average molecular weight is 473 g/mol. The van der Waals surface area contributed by atoms with Crippen LogP contribution in [0.15, 0.2) is 41.5 Å². The second-order valence-electron chi connectivity index (χ2n) is 10.3. The van der Waals surface area contributed by atoms with Crippen LogP contribution in [0.3, 0.4) is 0 Å². The lowest BCUT2D eigenvalue weighted by molar-refractivity contribution is -0.151. The summed E-state index contributed by atoms with van der Waals surface area (Å²) in [5.41, 5.74) is -0.286. The zero-order chi connectivity index (χ0) is 25.4. The summed E-state index contributed by atoms with van der Waals surface area (Å²) >= 11 is 0. The Morgan fingerprint density at radius 3 is 2.44 bits per heavy atom. The van der Waals surface area contributed by atoms with Crippen LogP contribution < -0.4 is 0 Å². The predicted molar refractivity (Wildman–Crippen MR) is 127 cm³/mol. The van der Waals surface area contributed by atoms with Crippen molar-refractivity contribution in [1.29, 1.82) is 0 Å². The number of phenols is 2. The molecule has 2 aliphatic rings. The molecule has 0 amide bonds. The SMILES string of the molecule is CC=C(C)C(=O)OC1CC(O)(C(C)C)C2C(OC(=O)c3ccc(O)c(O)c3)CC(C)=CCC12C. The van der Waals surface area contributed by atoms with Crippen LogP contribution in [-0.4, -0.2) is 45.1 Å². The molecule has 5 atom stereocenters. The fourth-order valence-electron chi connectivity index (χ4n) is 5.42. The highest BCUT2D eigenvalue weighted by Crippen LogP contribution is 2.59. The van der Waals surface area contributed by atoms with Gasteiger partial charge in [0.05, 0.1) is 11.2 Å². The van der Waals surface area contributed by atoms with Crippen molar-refractivity contribution in [3.8, 4) is 11.5 Å². The molecule has 2 aliphatic carbocycles. The minimum absolute atomic E-state index is 0.0978. The number of hydrogen-bond donors (Lipinski definition) is 3. The van der Waals surface area contributed by atoms with Crippen LogP contribution in [0.4, 0.5) is 0 Å². The van der Waals surface area contributed by atoms with E-state index >= 15 is 0 Å². The van der Waals surface area contributed by atoms with Crippen LogP contribution in [0.2, 0.25) is 0 Å². The van der Waals surface area contributed by atoms with E-state index in [1.807, 2.05) is 27.7 Å². The molecular formula is C27H36O7. The summed E-state index contributed by atoms with van der Waals surface area (Å²) in [6.07, 6.45) is 3.78. The fraction of sp³-hybridized carbons (Fsp3) is 0.556. The van der Waals surface area contributed by atoms with Crippen LogP contribution in [-0.2, 0) is 14.3 Å². The number of rotatable bonds is 5. The van der Waals surface area contributed by atoms with Gasteiger partial charge in [0.2, 0.25) is 0 Å². The van der Waals surface area contributed by atoms with Crippen LogP contribution in [0.1, 0.15) is 71.2 Å². The maximum Gasteiger partial charge on any atom is 0.338 e. The minimum atomic E-state index is -1.23. The van der Waals surface area contributed by atoms with Crippen molar-refractivity contribution in [3.05, 3.63) is 47.1 Å². The number of carbonyl (C=O) groups excluding carboxylic acids is 2. The highest BCUT2D eigenvalue weighted by atomic mass is 16.6. The van der Waals surface area contributed by atoms with Crippen molar-refractivity contribution in [2.75, 3.05) is 0 Å². The molecule has 0 heterocycles. The standard InChI is InChI=1S/C27H36O7/c1-7-17(5)24(30)34-22-14-27(32,15(2)3)23-21(12-16(4)10-11-26(22,23)6)33-25(31)18-8-9-19(28)20(29)13-18/h7-10,13,15,21-23,28-29,32H,11-12,14H2,1-6H3. The Morgan fingerprint density at radius 2 is 1.85 bits per heavy atom. The van der Waals surface area contributed by atoms with E-state index in [4.69, 9.17) is 9.47 Å². The van der Waals surface area contributed by atoms with E-state index in [2.05, 4.69) is 6.08 Å². The minimum Gasteiger partial charge on any atom is -0.504 e. The third-order valence-corrected chi connectivity index (χ3v) is 7.76. The van der Waals surface area contributed by atoms with E-state index in [0.29, 0.717) is 18.4 Å². The molecule has 1 fully saturated rings. The predicted octanol–water partition coefficient (Wildman–Crippen LogP) is 4.65. The van der Waals surface area contributed by atoms with Crippen molar-refractivity contribution < 1.29 is 34.4 Å². The number of aliphatic hydroxyl groups is 1. The zero-order valence-electron chi connectivity index (χ0n) is 20.8. The van der Waals surface area contributed by atoms with Crippen molar-refractivity contribution in [2.45, 2.75) is 78.6 Å². The molecule has 0 radical (unpaired) electrons. The summed E-state index contributed by atoms with van der Waals surface area (Å²) in [5, 5.41) is 31.3. The molecule has 5 unspecified atom stereocenters. The number of allylic oxidation sites excluding steroid dienone is 2. The first-order chi connectivity index (χ1) is 15.8. The molecule has 0 spiro atoms. The fourth-order valence-corrected chi connectivity index (χ4v) is 5.42. The molecule has 0 aliphatic heterocycles. The monoisotopic (exact) mass is 472 g/mol. The molecule has 0 bridgehead atoms. The number of carbonyl (C=O) groups is 2. The molecule has 7 nitrogen and oxygen atoms in total. The highest BCUT2D eigenvalue weighted by Gasteiger charge is 2.65. The van der Waals surface area contributed by atoms with E-state index in [-0.39, 0.29) is 23.7 Å². The summed E-state index contributed by atoms with van der Waals surface area (Å²) in [5.74, 6) is -2.49. The molecule has 34 heavy (non-hydrogen) atoms. The van der Waals surface area contributed by atoms with Gasteiger partial charge in [-0.15, -0.1) is 0 Å². The first kappa shape index (κ1) is 25.8. The number of fused-ring (bicyclic) bond motifs is 1. The molecule has 3 rings (SSSR count). The van der Waals surface area contributed by atoms with E-state index < -0.39 is 46.8 Å². The maximum atomic E-state index is 13.0. The Morgan fingerprint density at radius 1 is 1.18 bits per heavy atom. The van der Waals surface area contributed by atoms with Gasteiger partial charge in [-0.2, -0.15) is 0 Å². The lowest BCUT2D eigenvalue weighted by atomic mass is 9.67. The Hall–Kier alpha value is -2.80.